The zero-order chi connectivity index (χ0) is 18.0. The van der Waals surface area contributed by atoms with E-state index in [-0.39, 0.29) is 17.6 Å². The van der Waals surface area contributed by atoms with Crippen LogP contribution in [0.4, 0.5) is 4.79 Å². The van der Waals surface area contributed by atoms with Crippen molar-refractivity contribution >= 4 is 6.03 Å². The van der Waals surface area contributed by atoms with Gasteiger partial charge in [-0.25, -0.2) is 4.79 Å². The molecule has 0 saturated heterocycles. The summed E-state index contributed by atoms with van der Waals surface area (Å²) in [5.41, 5.74) is 0.697. The summed E-state index contributed by atoms with van der Waals surface area (Å²) in [6, 6.07) is 9.28. The molecule has 2 amide bonds. The number of carbonyl (C=O) groups is 1. The lowest BCUT2D eigenvalue weighted by Crippen LogP contribution is -2.49. The standard InChI is InChI=1S/C20H24N2O4/c1-14(16-5-4-10-24-16)21-19(23)22-20(8-2-3-9-20)15-6-7-17-18(13-15)26-12-11-25-17/h4-7,10,13-14H,2-3,8-9,11-12H2,1H3,(H2,21,22,23). The molecule has 1 aromatic heterocycles. The largest absolute Gasteiger partial charge is 0.486 e. The number of ether oxygens (including phenoxy) is 2. The monoisotopic (exact) mass is 356 g/mol. The molecule has 2 N–H and O–H groups in total. The maximum absolute atomic E-state index is 12.7. The van der Waals surface area contributed by atoms with E-state index in [2.05, 4.69) is 10.6 Å². The van der Waals surface area contributed by atoms with Crippen LogP contribution in [-0.2, 0) is 5.54 Å². The average molecular weight is 356 g/mol. The van der Waals surface area contributed by atoms with Crippen LogP contribution in [0.2, 0.25) is 0 Å². The minimum atomic E-state index is -0.372. The van der Waals surface area contributed by atoms with E-state index in [0.717, 1.165) is 48.5 Å². The molecule has 2 heterocycles. The van der Waals surface area contributed by atoms with Crippen LogP contribution >= 0.6 is 0 Å². The van der Waals surface area contributed by atoms with Crippen molar-refractivity contribution in [2.75, 3.05) is 13.2 Å². The Balaban J connectivity index is 1.52. The van der Waals surface area contributed by atoms with E-state index in [1.807, 2.05) is 37.3 Å². The minimum Gasteiger partial charge on any atom is -0.486 e. The van der Waals surface area contributed by atoms with Gasteiger partial charge in [0.25, 0.3) is 0 Å². The molecule has 2 aromatic rings. The average Bonchev–Trinajstić information content (AvgIpc) is 3.34. The summed E-state index contributed by atoms with van der Waals surface area (Å²) in [6.07, 6.45) is 5.61. The number of hydrogen-bond donors (Lipinski definition) is 2. The maximum atomic E-state index is 12.7. The minimum absolute atomic E-state index is 0.189. The number of nitrogens with one attached hydrogen (secondary N) is 2. The molecule has 138 valence electrons. The van der Waals surface area contributed by atoms with Crippen molar-refractivity contribution in [3.63, 3.8) is 0 Å². The van der Waals surface area contributed by atoms with Crippen molar-refractivity contribution in [1.82, 2.24) is 10.6 Å². The van der Waals surface area contributed by atoms with Gasteiger partial charge in [0.15, 0.2) is 11.5 Å². The molecule has 1 aromatic carbocycles. The quantitative estimate of drug-likeness (QED) is 0.872. The van der Waals surface area contributed by atoms with Gasteiger partial charge in [-0.05, 0) is 49.6 Å². The van der Waals surface area contributed by atoms with Crippen LogP contribution in [0.15, 0.2) is 41.0 Å². The van der Waals surface area contributed by atoms with Gasteiger partial charge < -0.3 is 24.5 Å². The second-order valence-corrected chi connectivity index (χ2v) is 6.98. The van der Waals surface area contributed by atoms with E-state index in [1.165, 1.54) is 0 Å². The van der Waals surface area contributed by atoms with Gasteiger partial charge in [0.1, 0.15) is 19.0 Å². The summed E-state index contributed by atoms with van der Waals surface area (Å²) in [7, 11) is 0. The Bertz CT molecular complexity index is 766. The third kappa shape index (κ3) is 3.23. The summed E-state index contributed by atoms with van der Waals surface area (Å²) < 4.78 is 16.7. The van der Waals surface area contributed by atoms with Crippen LogP contribution in [0, 0.1) is 0 Å². The molecule has 0 spiro atoms. The molecule has 1 atom stereocenters. The predicted molar refractivity (Wildman–Crippen MR) is 96.4 cm³/mol. The zero-order valence-corrected chi connectivity index (χ0v) is 14.9. The summed E-state index contributed by atoms with van der Waals surface area (Å²) in [6.45, 7) is 3.03. The molecule has 26 heavy (non-hydrogen) atoms. The molecule has 0 radical (unpaired) electrons. The number of furan rings is 1. The Hall–Kier alpha value is -2.63. The highest BCUT2D eigenvalue weighted by Gasteiger charge is 2.38. The second kappa shape index (κ2) is 6.94. The lowest BCUT2D eigenvalue weighted by Gasteiger charge is -2.32. The van der Waals surface area contributed by atoms with Crippen LogP contribution in [0.1, 0.15) is 50.0 Å². The first kappa shape index (κ1) is 16.8. The van der Waals surface area contributed by atoms with Gasteiger partial charge in [-0.1, -0.05) is 18.9 Å². The molecule has 2 aliphatic rings. The van der Waals surface area contributed by atoms with Gasteiger partial charge in [0, 0.05) is 0 Å². The Kier molecular flexibility index (Phi) is 4.49. The van der Waals surface area contributed by atoms with Gasteiger partial charge >= 0.3 is 6.03 Å². The van der Waals surface area contributed by atoms with E-state index in [4.69, 9.17) is 13.9 Å². The highest BCUT2D eigenvalue weighted by atomic mass is 16.6. The molecule has 1 saturated carbocycles. The number of fused-ring (bicyclic) bond motifs is 1. The molecule has 1 unspecified atom stereocenters. The van der Waals surface area contributed by atoms with E-state index < -0.39 is 0 Å². The van der Waals surface area contributed by atoms with Crippen LogP contribution in [0.25, 0.3) is 0 Å². The van der Waals surface area contributed by atoms with Gasteiger partial charge in [-0.3, -0.25) is 0 Å². The third-order valence-corrected chi connectivity index (χ3v) is 5.22. The van der Waals surface area contributed by atoms with Crippen molar-refractivity contribution < 1.29 is 18.7 Å². The first-order valence-electron chi connectivity index (χ1n) is 9.18. The molecule has 1 aliphatic heterocycles. The van der Waals surface area contributed by atoms with E-state index >= 15 is 0 Å². The highest BCUT2D eigenvalue weighted by Crippen LogP contribution is 2.42. The predicted octanol–water partition coefficient (Wildman–Crippen LogP) is 3.88. The number of hydrogen-bond acceptors (Lipinski definition) is 4. The van der Waals surface area contributed by atoms with E-state index in [0.29, 0.717) is 13.2 Å². The number of carbonyl (C=O) groups excluding carboxylic acids is 1. The Morgan fingerprint density at radius 3 is 2.62 bits per heavy atom. The number of amides is 2. The highest BCUT2D eigenvalue weighted by molar-refractivity contribution is 5.75. The fraction of sp³-hybridized carbons (Fsp3) is 0.450. The zero-order valence-electron chi connectivity index (χ0n) is 14.9. The van der Waals surface area contributed by atoms with Crippen LogP contribution in [-0.4, -0.2) is 19.2 Å². The lowest BCUT2D eigenvalue weighted by molar-refractivity contribution is 0.170. The molecular formula is C20H24N2O4. The van der Waals surface area contributed by atoms with Crippen molar-refractivity contribution in [3.05, 3.63) is 47.9 Å². The maximum Gasteiger partial charge on any atom is 0.316 e. The van der Waals surface area contributed by atoms with Gasteiger partial charge in [-0.15, -0.1) is 0 Å². The van der Waals surface area contributed by atoms with E-state index in [1.54, 1.807) is 6.26 Å². The van der Waals surface area contributed by atoms with Gasteiger partial charge in [-0.2, -0.15) is 0 Å². The van der Waals surface area contributed by atoms with Crippen molar-refractivity contribution in [2.45, 2.75) is 44.2 Å². The number of benzene rings is 1. The van der Waals surface area contributed by atoms with E-state index in [9.17, 15) is 4.79 Å². The molecule has 6 heteroatoms. The number of urea groups is 1. The van der Waals surface area contributed by atoms with Crippen molar-refractivity contribution in [2.24, 2.45) is 0 Å². The summed E-state index contributed by atoms with van der Waals surface area (Å²) in [5.74, 6) is 2.26. The molecule has 1 fully saturated rings. The van der Waals surface area contributed by atoms with Crippen LogP contribution < -0.4 is 20.1 Å². The number of rotatable bonds is 4. The Morgan fingerprint density at radius 1 is 1.12 bits per heavy atom. The smallest absolute Gasteiger partial charge is 0.316 e. The fourth-order valence-corrected chi connectivity index (χ4v) is 3.86. The Morgan fingerprint density at radius 2 is 1.88 bits per heavy atom. The molecule has 4 rings (SSSR count). The molecule has 0 bridgehead atoms. The molecular weight excluding hydrogens is 332 g/mol. The van der Waals surface area contributed by atoms with Gasteiger partial charge in [0.05, 0.1) is 17.8 Å². The normalized spacial score (nSPS) is 19.0. The first-order chi connectivity index (χ1) is 12.7. The second-order valence-electron chi connectivity index (χ2n) is 6.98. The Labute approximate surface area is 152 Å². The SMILES string of the molecule is CC(NC(=O)NC1(c2ccc3c(c2)OCCO3)CCCC1)c1ccco1. The summed E-state index contributed by atoms with van der Waals surface area (Å²) in [4.78, 5) is 12.7. The first-order valence-corrected chi connectivity index (χ1v) is 9.18. The van der Waals surface area contributed by atoms with Gasteiger partial charge in [0.2, 0.25) is 0 Å². The lowest BCUT2D eigenvalue weighted by atomic mass is 9.88. The van der Waals surface area contributed by atoms with Crippen molar-refractivity contribution in [1.29, 1.82) is 0 Å². The fourth-order valence-electron chi connectivity index (χ4n) is 3.86. The molecule has 6 nitrogen and oxygen atoms in total. The summed E-state index contributed by atoms with van der Waals surface area (Å²) in [5, 5.41) is 6.19. The van der Waals surface area contributed by atoms with Crippen LogP contribution in [0.5, 0.6) is 11.5 Å². The van der Waals surface area contributed by atoms with Crippen molar-refractivity contribution in [3.8, 4) is 11.5 Å². The molecule has 1 aliphatic carbocycles. The topological polar surface area (TPSA) is 72.7 Å². The third-order valence-electron chi connectivity index (χ3n) is 5.22. The van der Waals surface area contributed by atoms with Crippen LogP contribution in [0.3, 0.4) is 0 Å². The summed E-state index contributed by atoms with van der Waals surface area (Å²) >= 11 is 0.